The van der Waals surface area contributed by atoms with Crippen molar-refractivity contribution in [3.05, 3.63) is 73.3 Å². The van der Waals surface area contributed by atoms with Crippen molar-refractivity contribution in [1.29, 1.82) is 0 Å². The van der Waals surface area contributed by atoms with Crippen LogP contribution < -0.4 is 9.47 Å². The molecule has 3 nitrogen and oxygen atoms in total. The first-order valence-electron chi connectivity index (χ1n) is 11.1. The average molecular weight is 607 g/mol. The average Bonchev–Trinajstić information content (AvgIpc) is 2.81. The maximum absolute atomic E-state index is 6.19. The van der Waals surface area contributed by atoms with Gasteiger partial charge in [0.1, 0.15) is 0 Å². The van der Waals surface area contributed by atoms with Crippen molar-refractivity contribution in [1.82, 2.24) is 4.98 Å². The quantitative estimate of drug-likeness (QED) is 0.230. The molecule has 0 fully saturated rings. The van der Waals surface area contributed by atoms with Crippen LogP contribution in [-0.4, -0.2) is 18.2 Å². The summed E-state index contributed by atoms with van der Waals surface area (Å²) in [6, 6.07) is 21.1. The Bertz CT molecular complexity index is 989. The van der Waals surface area contributed by atoms with Crippen molar-refractivity contribution in [3.8, 4) is 33.9 Å². The third-order valence-electron chi connectivity index (χ3n) is 5.57. The van der Waals surface area contributed by atoms with E-state index in [0.717, 1.165) is 46.7 Å². The van der Waals surface area contributed by atoms with Crippen molar-refractivity contribution in [2.75, 3.05) is 13.2 Å². The minimum absolute atomic E-state index is 0. The number of rotatable bonds is 10. The third kappa shape index (κ3) is 7.18. The van der Waals surface area contributed by atoms with Gasteiger partial charge < -0.3 is 14.5 Å². The van der Waals surface area contributed by atoms with Crippen molar-refractivity contribution in [2.45, 2.75) is 40.5 Å². The molecule has 0 spiro atoms. The zero-order valence-electron chi connectivity index (χ0n) is 19.4. The summed E-state index contributed by atoms with van der Waals surface area (Å²) < 4.78 is 12.3. The van der Waals surface area contributed by atoms with Crippen LogP contribution in [0.15, 0.2) is 54.6 Å². The molecule has 0 aliphatic heterocycles. The molecule has 2 aromatic carbocycles. The molecule has 1 aromatic heterocycles. The van der Waals surface area contributed by atoms with Gasteiger partial charge >= 0.3 is 0 Å². The van der Waals surface area contributed by atoms with Gasteiger partial charge in [0, 0.05) is 32.7 Å². The van der Waals surface area contributed by atoms with Gasteiger partial charge in [0.25, 0.3) is 0 Å². The molecular formula is C28H32IrNO2-. The van der Waals surface area contributed by atoms with Gasteiger partial charge in [-0.1, -0.05) is 58.7 Å². The van der Waals surface area contributed by atoms with E-state index in [9.17, 15) is 0 Å². The first-order valence-corrected chi connectivity index (χ1v) is 11.1. The van der Waals surface area contributed by atoms with Gasteiger partial charge in [0.2, 0.25) is 0 Å². The molecule has 3 aromatic rings. The molecule has 0 amide bonds. The Balaban J connectivity index is 0.00000363. The largest absolute Gasteiger partial charge is 0.489 e. The van der Waals surface area contributed by atoms with Crippen molar-refractivity contribution < 1.29 is 29.6 Å². The molecule has 1 heterocycles. The Morgan fingerprint density at radius 3 is 2.19 bits per heavy atom. The number of hydrogen-bond donors (Lipinski definition) is 0. The first kappa shape index (κ1) is 26.1. The van der Waals surface area contributed by atoms with Crippen LogP contribution in [-0.2, 0) is 20.1 Å². The van der Waals surface area contributed by atoms with Crippen LogP contribution in [0.2, 0.25) is 0 Å². The van der Waals surface area contributed by atoms with Crippen LogP contribution in [0, 0.1) is 24.8 Å². The molecule has 0 N–H and O–H groups in total. The molecule has 2 atom stereocenters. The van der Waals surface area contributed by atoms with Crippen molar-refractivity contribution >= 4 is 0 Å². The van der Waals surface area contributed by atoms with E-state index in [-0.39, 0.29) is 20.1 Å². The van der Waals surface area contributed by atoms with Gasteiger partial charge in [-0.3, -0.25) is 0 Å². The Hall–Kier alpha value is -2.16. The molecule has 3 rings (SSSR count). The Morgan fingerprint density at radius 1 is 0.875 bits per heavy atom. The van der Waals surface area contributed by atoms with Gasteiger partial charge in [0.15, 0.2) is 11.5 Å². The summed E-state index contributed by atoms with van der Waals surface area (Å²) in [5, 5.41) is 0. The maximum atomic E-state index is 6.19. The second-order valence-corrected chi connectivity index (χ2v) is 8.25. The summed E-state index contributed by atoms with van der Waals surface area (Å²) in [4.78, 5) is 4.42. The standard InChI is InChI=1S/C28H32NO2.Ir/c1-6-20(3)18-30-27-15-14-24(17-28(27)31-19-21(4)7-2)23-11-9-12-25(16-23)26-13-8-10-22(5)29-26;/h5,8-11,13-17,20-21H,6-7,18-19H2,1-4H3;/q-1;. The fourth-order valence-corrected chi connectivity index (χ4v) is 3.01. The number of benzene rings is 2. The summed E-state index contributed by atoms with van der Waals surface area (Å²) in [6.07, 6.45) is 2.16. The van der Waals surface area contributed by atoms with E-state index in [1.165, 1.54) is 0 Å². The van der Waals surface area contributed by atoms with Gasteiger partial charge in [0.05, 0.1) is 13.2 Å². The molecule has 4 heteroatoms. The zero-order chi connectivity index (χ0) is 22.2. The number of aromatic nitrogens is 1. The topological polar surface area (TPSA) is 31.4 Å². The molecule has 0 saturated carbocycles. The molecule has 3 radical (unpaired) electrons. The molecule has 0 bridgehead atoms. The molecule has 171 valence electrons. The molecule has 32 heavy (non-hydrogen) atoms. The van der Waals surface area contributed by atoms with E-state index in [1.807, 2.05) is 30.3 Å². The Morgan fingerprint density at radius 2 is 1.53 bits per heavy atom. The van der Waals surface area contributed by atoms with Gasteiger partial charge in [-0.15, -0.1) is 35.4 Å². The minimum Gasteiger partial charge on any atom is -0.489 e. The third-order valence-corrected chi connectivity index (χ3v) is 5.57. The smallest absolute Gasteiger partial charge is 0.161 e. The second kappa shape index (κ2) is 12.8. The minimum atomic E-state index is 0. The Labute approximate surface area is 206 Å². The van der Waals surface area contributed by atoms with E-state index in [2.05, 4.69) is 56.9 Å². The van der Waals surface area contributed by atoms with Crippen molar-refractivity contribution in [3.63, 3.8) is 0 Å². The number of hydrogen-bond acceptors (Lipinski definition) is 3. The summed E-state index contributed by atoms with van der Waals surface area (Å²) in [6.45, 7) is 15.9. The number of pyridine rings is 1. The predicted octanol–water partition coefficient (Wildman–Crippen LogP) is 7.12. The van der Waals surface area contributed by atoms with Gasteiger partial charge in [-0.05, 0) is 41.3 Å². The summed E-state index contributed by atoms with van der Waals surface area (Å²) >= 11 is 0. The fraction of sp³-hybridized carbons (Fsp3) is 0.357. The molecule has 0 aliphatic carbocycles. The van der Waals surface area contributed by atoms with E-state index < -0.39 is 0 Å². The number of nitrogens with zero attached hydrogens (tertiary/aromatic N) is 1. The van der Waals surface area contributed by atoms with Gasteiger partial charge in [-0.25, -0.2) is 0 Å². The molecule has 0 aliphatic rings. The van der Waals surface area contributed by atoms with Crippen molar-refractivity contribution in [2.24, 2.45) is 11.8 Å². The second-order valence-electron chi connectivity index (χ2n) is 8.25. The summed E-state index contributed by atoms with van der Waals surface area (Å²) in [7, 11) is 0. The van der Waals surface area contributed by atoms with Crippen LogP contribution in [0.1, 0.15) is 46.2 Å². The van der Waals surface area contributed by atoms with E-state index in [0.29, 0.717) is 30.7 Å². The summed E-state index contributed by atoms with van der Waals surface area (Å²) in [5.41, 5.74) is 4.35. The molecular weight excluding hydrogens is 575 g/mol. The number of ether oxygens (including phenoxy) is 2. The van der Waals surface area contributed by atoms with E-state index in [1.54, 1.807) is 6.07 Å². The van der Waals surface area contributed by atoms with E-state index >= 15 is 0 Å². The van der Waals surface area contributed by atoms with Gasteiger partial charge in [-0.2, -0.15) is 0 Å². The fourth-order valence-electron chi connectivity index (χ4n) is 3.01. The monoisotopic (exact) mass is 607 g/mol. The van der Waals surface area contributed by atoms with Crippen LogP contribution in [0.5, 0.6) is 11.5 Å². The summed E-state index contributed by atoms with van der Waals surface area (Å²) in [5.74, 6) is 2.57. The predicted molar refractivity (Wildman–Crippen MR) is 127 cm³/mol. The van der Waals surface area contributed by atoms with Crippen LogP contribution in [0.4, 0.5) is 0 Å². The van der Waals surface area contributed by atoms with Crippen LogP contribution in [0.3, 0.4) is 0 Å². The SMILES string of the molecule is [CH]c1cccc(-c2[c-]ccc(-c3ccc(OCC(C)CC)c(OCC(C)CC)c3)c2)n1.[Ir]. The Kier molecular flexibility index (Phi) is 10.4. The van der Waals surface area contributed by atoms with Crippen LogP contribution >= 0.6 is 0 Å². The first-order chi connectivity index (χ1) is 15.0. The normalized spacial score (nSPS) is 12.5. The maximum Gasteiger partial charge on any atom is 0.161 e. The molecule has 0 saturated heterocycles. The zero-order valence-corrected chi connectivity index (χ0v) is 21.7. The van der Waals surface area contributed by atoms with Crippen LogP contribution in [0.25, 0.3) is 22.4 Å². The molecule has 2 unspecified atom stereocenters. The van der Waals surface area contributed by atoms with E-state index in [4.69, 9.17) is 16.4 Å².